The van der Waals surface area contributed by atoms with Crippen molar-refractivity contribution < 1.29 is 14.4 Å². The molecule has 1 atom stereocenters. The lowest BCUT2D eigenvalue weighted by Gasteiger charge is -2.18. The zero-order valence-corrected chi connectivity index (χ0v) is 11.4. The molecule has 0 aliphatic heterocycles. The molecule has 5 nitrogen and oxygen atoms in total. The summed E-state index contributed by atoms with van der Waals surface area (Å²) in [6.45, 7) is 1.92. The van der Waals surface area contributed by atoms with Gasteiger partial charge in [0.1, 0.15) is 0 Å². The van der Waals surface area contributed by atoms with E-state index in [1.807, 2.05) is 6.92 Å². The first-order valence-electron chi connectivity index (χ1n) is 6.50. The molecule has 0 saturated carbocycles. The molecule has 0 fully saturated rings. The predicted molar refractivity (Wildman–Crippen MR) is 77.8 cm³/mol. The average molecular weight is 290 g/mol. The molecule has 2 rings (SSSR count). The van der Waals surface area contributed by atoms with Crippen LogP contribution in [-0.4, -0.2) is 10.0 Å². The van der Waals surface area contributed by atoms with E-state index in [0.717, 1.165) is 5.56 Å². The van der Waals surface area contributed by atoms with Gasteiger partial charge in [-0.05, 0) is 24.1 Å². The second-order valence-corrected chi connectivity index (χ2v) is 4.62. The van der Waals surface area contributed by atoms with Crippen LogP contribution in [0.2, 0.25) is 0 Å². The van der Waals surface area contributed by atoms with Crippen molar-refractivity contribution in [3.05, 3.63) is 64.0 Å². The molecule has 110 valence electrons. The third-order valence-electron chi connectivity index (χ3n) is 3.18. The van der Waals surface area contributed by atoms with Crippen LogP contribution in [0.4, 0.5) is 15.8 Å². The molecule has 1 unspecified atom stereocenters. The first kappa shape index (κ1) is 14.8. The number of nitrogens with one attached hydrogen (secondary N) is 1. The van der Waals surface area contributed by atoms with Gasteiger partial charge in [0.15, 0.2) is 11.6 Å². The van der Waals surface area contributed by atoms with E-state index in [-0.39, 0.29) is 11.7 Å². The number of phenols is 1. The molecule has 0 aliphatic rings. The van der Waals surface area contributed by atoms with Crippen LogP contribution in [0.15, 0.2) is 42.5 Å². The molecule has 21 heavy (non-hydrogen) atoms. The van der Waals surface area contributed by atoms with E-state index in [1.165, 1.54) is 24.3 Å². The summed E-state index contributed by atoms with van der Waals surface area (Å²) in [6.07, 6.45) is 0.670. The van der Waals surface area contributed by atoms with Crippen molar-refractivity contribution in [2.45, 2.75) is 19.4 Å². The Balaban J connectivity index is 2.25. The van der Waals surface area contributed by atoms with Crippen LogP contribution >= 0.6 is 0 Å². The number of phenolic OH excluding ortho intramolecular Hbond substituents is 1. The lowest BCUT2D eigenvalue weighted by molar-refractivity contribution is -0.384. The minimum absolute atomic E-state index is 0.0182. The zero-order valence-electron chi connectivity index (χ0n) is 11.4. The van der Waals surface area contributed by atoms with E-state index in [9.17, 15) is 19.6 Å². The van der Waals surface area contributed by atoms with Crippen molar-refractivity contribution in [1.29, 1.82) is 0 Å². The number of nitrogens with zero attached hydrogens (tertiary/aromatic N) is 1. The van der Waals surface area contributed by atoms with Crippen LogP contribution in [0.5, 0.6) is 5.75 Å². The zero-order chi connectivity index (χ0) is 15.4. The average Bonchev–Trinajstić information content (AvgIpc) is 2.48. The van der Waals surface area contributed by atoms with Gasteiger partial charge in [-0.25, -0.2) is 4.39 Å². The fourth-order valence-corrected chi connectivity index (χ4v) is 2.07. The summed E-state index contributed by atoms with van der Waals surface area (Å²) in [5, 5.41) is 23.1. The lowest BCUT2D eigenvalue weighted by Crippen LogP contribution is -2.10. The topological polar surface area (TPSA) is 75.4 Å². The Bertz CT molecular complexity index is 661. The van der Waals surface area contributed by atoms with Gasteiger partial charge in [-0.3, -0.25) is 10.1 Å². The van der Waals surface area contributed by atoms with Gasteiger partial charge in [-0.1, -0.05) is 19.1 Å². The number of nitro benzene ring substituents is 1. The summed E-state index contributed by atoms with van der Waals surface area (Å²) in [4.78, 5) is 10.4. The van der Waals surface area contributed by atoms with E-state index >= 15 is 0 Å². The molecule has 2 aromatic rings. The monoisotopic (exact) mass is 290 g/mol. The maximum Gasteiger partial charge on any atom is 0.269 e. The molecule has 2 N–H and O–H groups in total. The fourth-order valence-electron chi connectivity index (χ4n) is 2.07. The summed E-state index contributed by atoms with van der Waals surface area (Å²) < 4.78 is 13.3. The van der Waals surface area contributed by atoms with Crippen LogP contribution in [0.1, 0.15) is 24.9 Å². The Morgan fingerprint density at radius 2 is 2.10 bits per heavy atom. The lowest BCUT2D eigenvalue weighted by atomic mass is 10.0. The summed E-state index contributed by atoms with van der Waals surface area (Å²) in [5.41, 5.74) is 1.27. The maximum absolute atomic E-state index is 13.3. The number of rotatable bonds is 5. The van der Waals surface area contributed by atoms with Gasteiger partial charge in [0.2, 0.25) is 0 Å². The van der Waals surface area contributed by atoms with Gasteiger partial charge >= 0.3 is 0 Å². The maximum atomic E-state index is 13.3. The third-order valence-corrected chi connectivity index (χ3v) is 3.18. The van der Waals surface area contributed by atoms with E-state index in [4.69, 9.17) is 0 Å². The van der Waals surface area contributed by atoms with Crippen molar-refractivity contribution in [3.63, 3.8) is 0 Å². The second kappa shape index (κ2) is 6.21. The van der Waals surface area contributed by atoms with E-state index < -0.39 is 16.5 Å². The van der Waals surface area contributed by atoms with E-state index in [0.29, 0.717) is 12.1 Å². The highest BCUT2D eigenvalue weighted by atomic mass is 19.1. The van der Waals surface area contributed by atoms with Crippen molar-refractivity contribution in [1.82, 2.24) is 0 Å². The van der Waals surface area contributed by atoms with Crippen molar-refractivity contribution >= 4 is 11.4 Å². The van der Waals surface area contributed by atoms with Gasteiger partial charge in [-0.15, -0.1) is 0 Å². The first-order valence-corrected chi connectivity index (χ1v) is 6.50. The predicted octanol–water partition coefficient (Wildman–Crippen LogP) is 4.00. The highest BCUT2D eigenvalue weighted by molar-refractivity contribution is 5.49. The van der Waals surface area contributed by atoms with Crippen molar-refractivity contribution in [2.75, 3.05) is 5.32 Å². The Morgan fingerprint density at radius 1 is 1.33 bits per heavy atom. The number of aromatic hydroxyl groups is 1. The van der Waals surface area contributed by atoms with Crippen LogP contribution in [0, 0.1) is 15.9 Å². The number of halogens is 1. The van der Waals surface area contributed by atoms with Crippen molar-refractivity contribution in [3.8, 4) is 5.75 Å². The summed E-state index contributed by atoms with van der Waals surface area (Å²) in [6, 6.07) is 10.1. The largest absolute Gasteiger partial charge is 0.505 e. The molecular weight excluding hydrogens is 275 g/mol. The summed E-state index contributed by atoms with van der Waals surface area (Å²) >= 11 is 0. The molecule has 0 heterocycles. The number of benzene rings is 2. The normalized spacial score (nSPS) is 11.9. The third kappa shape index (κ3) is 3.47. The molecule has 2 aromatic carbocycles. The van der Waals surface area contributed by atoms with E-state index in [1.54, 1.807) is 18.2 Å². The van der Waals surface area contributed by atoms with Crippen LogP contribution in [0.3, 0.4) is 0 Å². The SMILES string of the molecule is CCC(Nc1ccc(O)c(F)c1)c1cccc([N+](=O)[O-])c1. The molecule has 6 heteroatoms. The highest BCUT2D eigenvalue weighted by Crippen LogP contribution is 2.27. The summed E-state index contributed by atoms with van der Waals surface area (Å²) in [7, 11) is 0. The minimum atomic E-state index is -0.714. The van der Waals surface area contributed by atoms with Gasteiger partial charge in [0.05, 0.1) is 11.0 Å². The number of non-ortho nitro benzene ring substituents is 1. The molecule has 0 aromatic heterocycles. The molecular formula is C15H15FN2O3. The number of hydrogen-bond donors (Lipinski definition) is 2. The number of nitro groups is 1. The molecule has 0 saturated heterocycles. The van der Waals surface area contributed by atoms with Crippen LogP contribution in [-0.2, 0) is 0 Å². The fraction of sp³-hybridized carbons (Fsp3) is 0.200. The Labute approximate surface area is 121 Å². The van der Waals surface area contributed by atoms with E-state index in [2.05, 4.69) is 5.32 Å². The second-order valence-electron chi connectivity index (χ2n) is 4.62. The molecule has 0 aliphatic carbocycles. The molecule has 0 bridgehead atoms. The van der Waals surface area contributed by atoms with Crippen LogP contribution in [0.25, 0.3) is 0 Å². The van der Waals surface area contributed by atoms with Crippen LogP contribution < -0.4 is 5.32 Å². The first-order chi connectivity index (χ1) is 10.0. The molecule has 0 spiro atoms. The quantitative estimate of drug-likeness (QED) is 0.495. The standard InChI is InChI=1S/C15H15FN2O3/c1-2-14(10-4-3-5-12(8-10)18(20)21)17-11-6-7-15(19)13(16)9-11/h3-9,14,17,19H,2H2,1H3. The summed E-state index contributed by atoms with van der Waals surface area (Å²) in [5.74, 6) is -1.13. The number of anilines is 1. The Morgan fingerprint density at radius 3 is 2.71 bits per heavy atom. The molecule has 0 amide bonds. The van der Waals surface area contributed by atoms with Crippen molar-refractivity contribution in [2.24, 2.45) is 0 Å². The highest BCUT2D eigenvalue weighted by Gasteiger charge is 2.14. The Kier molecular flexibility index (Phi) is 4.37. The van der Waals surface area contributed by atoms with Gasteiger partial charge in [0.25, 0.3) is 5.69 Å². The molecule has 0 radical (unpaired) electrons. The van der Waals surface area contributed by atoms with Gasteiger partial charge in [0, 0.05) is 23.9 Å². The smallest absolute Gasteiger partial charge is 0.269 e. The Hall–Kier alpha value is -2.63. The number of hydrogen-bond acceptors (Lipinski definition) is 4. The van der Waals surface area contributed by atoms with Gasteiger partial charge < -0.3 is 10.4 Å². The minimum Gasteiger partial charge on any atom is -0.505 e. The van der Waals surface area contributed by atoms with Gasteiger partial charge in [-0.2, -0.15) is 0 Å².